The largest absolute Gasteiger partial charge is 0.480 e. The van der Waals surface area contributed by atoms with Crippen molar-refractivity contribution in [2.45, 2.75) is 12.5 Å². The second-order valence-corrected chi connectivity index (χ2v) is 9.53. The Labute approximate surface area is 204 Å². The number of aliphatic carboxylic acids is 1. The van der Waals surface area contributed by atoms with E-state index in [4.69, 9.17) is 17.0 Å². The fourth-order valence-corrected chi connectivity index (χ4v) is 4.98. The van der Waals surface area contributed by atoms with Crippen molar-refractivity contribution in [1.82, 2.24) is 9.97 Å². The van der Waals surface area contributed by atoms with E-state index in [0.29, 0.717) is 24.6 Å². The Morgan fingerprint density at radius 2 is 1.85 bits per heavy atom. The van der Waals surface area contributed by atoms with Gasteiger partial charge >= 0.3 is 5.97 Å². The predicted octanol–water partition coefficient (Wildman–Crippen LogP) is 6.00. The number of ether oxygens (including phenoxy) is 1. The Morgan fingerprint density at radius 1 is 1.06 bits per heavy atom. The minimum absolute atomic E-state index is 0.298. The first-order valence-corrected chi connectivity index (χ1v) is 11.9. The molecule has 9 heteroatoms. The van der Waals surface area contributed by atoms with Crippen LogP contribution in [0.25, 0.3) is 21.1 Å². The van der Waals surface area contributed by atoms with Crippen molar-refractivity contribution in [3.63, 3.8) is 0 Å². The zero-order chi connectivity index (χ0) is 23.5. The number of carbonyl (C=O) groups is 1. The highest BCUT2D eigenvalue weighted by molar-refractivity contribution is 7.73. The molecule has 0 spiro atoms. The number of aromatic amines is 2. The first kappa shape index (κ1) is 22.0. The number of H-pyrrole nitrogens is 2. The van der Waals surface area contributed by atoms with Crippen molar-refractivity contribution in [2.24, 2.45) is 0 Å². The summed E-state index contributed by atoms with van der Waals surface area (Å²) in [5.74, 6) is -0.224. The van der Waals surface area contributed by atoms with E-state index in [9.17, 15) is 9.90 Å². The van der Waals surface area contributed by atoms with Gasteiger partial charge in [0.15, 0.2) is 10.7 Å². The molecule has 0 fully saturated rings. The summed E-state index contributed by atoms with van der Waals surface area (Å²) >= 11 is 6.72. The van der Waals surface area contributed by atoms with Gasteiger partial charge in [0.1, 0.15) is 11.8 Å². The Hall–Kier alpha value is -3.82. The van der Waals surface area contributed by atoms with Gasteiger partial charge in [-0.2, -0.15) is 0 Å². The smallest absolute Gasteiger partial charge is 0.326 e. The lowest BCUT2D eigenvalue weighted by Gasteiger charge is -2.16. The molecule has 1 unspecified atom stereocenters. The third-order valence-corrected chi connectivity index (χ3v) is 6.73. The van der Waals surface area contributed by atoms with Crippen LogP contribution in [0.5, 0.6) is 5.75 Å². The first-order chi connectivity index (χ1) is 16.5. The highest BCUT2D eigenvalue weighted by Gasteiger charge is 2.19. The second-order valence-electron chi connectivity index (χ2n) is 7.81. The van der Waals surface area contributed by atoms with Crippen LogP contribution < -0.4 is 15.4 Å². The summed E-state index contributed by atoms with van der Waals surface area (Å²) in [6.07, 6.45) is 2.23. The lowest BCUT2D eigenvalue weighted by molar-refractivity contribution is -0.137. The zero-order valence-corrected chi connectivity index (χ0v) is 19.6. The molecule has 3 aromatic carbocycles. The summed E-state index contributed by atoms with van der Waals surface area (Å²) < 4.78 is 7.63. The molecular formula is C25H22N4O3S2. The number of anilines is 2. The molecule has 0 saturated carbocycles. The monoisotopic (exact) mass is 490 g/mol. The molecule has 7 nitrogen and oxygen atoms in total. The summed E-state index contributed by atoms with van der Waals surface area (Å²) in [5, 5.41) is 17.1. The molecule has 172 valence electrons. The SMILES string of the molecule is O=C(O)C(Cc1c[nH]c2ccccc12)Nc1ccc(OCNc2ccc3[nH]c(=S)sc3c2)cc1. The van der Waals surface area contributed by atoms with Crippen molar-refractivity contribution in [2.75, 3.05) is 17.4 Å². The van der Waals surface area contributed by atoms with Crippen LogP contribution in [0.2, 0.25) is 0 Å². The van der Waals surface area contributed by atoms with E-state index in [-0.39, 0.29) is 0 Å². The van der Waals surface area contributed by atoms with E-state index in [1.807, 2.05) is 72.9 Å². The third-order valence-electron chi connectivity index (χ3n) is 5.53. The molecule has 0 amide bonds. The zero-order valence-electron chi connectivity index (χ0n) is 18.0. The molecule has 5 rings (SSSR count). The van der Waals surface area contributed by atoms with Crippen molar-refractivity contribution in [1.29, 1.82) is 0 Å². The van der Waals surface area contributed by atoms with Gasteiger partial charge in [0.05, 0.1) is 10.2 Å². The lowest BCUT2D eigenvalue weighted by Crippen LogP contribution is -2.31. The number of carboxylic acid groups (broad SMARTS) is 1. The number of rotatable bonds is 9. The van der Waals surface area contributed by atoms with E-state index < -0.39 is 12.0 Å². The van der Waals surface area contributed by atoms with Gasteiger partial charge in [0.2, 0.25) is 0 Å². The van der Waals surface area contributed by atoms with E-state index >= 15 is 0 Å². The number of thiazole rings is 1. The molecule has 0 radical (unpaired) electrons. The highest BCUT2D eigenvalue weighted by Crippen LogP contribution is 2.24. The summed E-state index contributed by atoms with van der Waals surface area (Å²) in [4.78, 5) is 18.2. The van der Waals surface area contributed by atoms with Crippen LogP contribution >= 0.6 is 23.6 Å². The molecule has 0 aliphatic heterocycles. The predicted molar refractivity (Wildman–Crippen MR) is 140 cm³/mol. The Bertz CT molecular complexity index is 1500. The van der Waals surface area contributed by atoms with E-state index in [0.717, 1.165) is 36.3 Å². The van der Waals surface area contributed by atoms with Crippen molar-refractivity contribution in [3.05, 3.63) is 82.4 Å². The molecular weight excluding hydrogens is 468 g/mol. The van der Waals surface area contributed by atoms with E-state index in [1.54, 1.807) is 0 Å². The molecule has 5 aromatic rings. The van der Waals surface area contributed by atoms with Crippen LogP contribution in [0, 0.1) is 3.95 Å². The molecule has 34 heavy (non-hydrogen) atoms. The Morgan fingerprint density at radius 3 is 2.68 bits per heavy atom. The average molecular weight is 491 g/mol. The van der Waals surface area contributed by atoms with Gasteiger partial charge in [-0.25, -0.2) is 4.79 Å². The van der Waals surface area contributed by atoms with E-state index in [2.05, 4.69) is 20.6 Å². The van der Waals surface area contributed by atoms with Crippen molar-refractivity contribution >= 4 is 62.0 Å². The summed E-state index contributed by atoms with van der Waals surface area (Å²) in [6.45, 7) is 0.298. The maximum atomic E-state index is 11.9. The van der Waals surface area contributed by atoms with Crippen molar-refractivity contribution in [3.8, 4) is 5.75 Å². The molecule has 2 aromatic heterocycles. The number of benzene rings is 3. The normalized spacial score (nSPS) is 12.0. The number of carboxylic acids is 1. The van der Waals surface area contributed by atoms with Crippen LogP contribution in [0.15, 0.2) is 72.9 Å². The maximum Gasteiger partial charge on any atom is 0.326 e. The van der Waals surface area contributed by atoms with Gasteiger partial charge in [-0.3, -0.25) is 0 Å². The van der Waals surface area contributed by atoms with Crippen molar-refractivity contribution < 1.29 is 14.6 Å². The average Bonchev–Trinajstić information content (AvgIpc) is 3.41. The number of para-hydroxylation sites is 1. The Kier molecular flexibility index (Phi) is 6.20. The van der Waals surface area contributed by atoms with Gasteiger partial charge in [-0.15, -0.1) is 11.3 Å². The fraction of sp³-hybridized carbons (Fsp3) is 0.120. The molecule has 0 bridgehead atoms. The first-order valence-electron chi connectivity index (χ1n) is 10.7. The van der Waals surface area contributed by atoms with Crippen LogP contribution in [0.1, 0.15) is 5.56 Å². The number of hydrogen-bond donors (Lipinski definition) is 5. The number of fused-ring (bicyclic) bond motifs is 2. The number of nitrogens with one attached hydrogen (secondary N) is 4. The minimum atomic E-state index is -0.904. The molecule has 0 aliphatic carbocycles. The van der Waals surface area contributed by atoms with Crippen LogP contribution in [-0.2, 0) is 11.2 Å². The maximum absolute atomic E-state index is 11.9. The summed E-state index contributed by atoms with van der Waals surface area (Å²) in [6, 6.07) is 20.4. The number of hydrogen-bond acceptors (Lipinski definition) is 6. The lowest BCUT2D eigenvalue weighted by atomic mass is 10.0. The molecule has 2 heterocycles. The molecule has 0 saturated heterocycles. The highest BCUT2D eigenvalue weighted by atomic mass is 32.1. The standard InChI is InChI=1S/C25H22N4O3S2/c30-24(31)22(11-15-13-26-20-4-2-1-3-19(15)20)28-16-5-8-18(9-6-16)32-14-27-17-7-10-21-23(12-17)34-25(33)29-21/h1-10,12-13,22,26-28H,11,14H2,(H,29,33)(H,30,31). The Balaban J connectivity index is 1.18. The fourth-order valence-electron chi connectivity index (χ4n) is 3.83. The van der Waals surface area contributed by atoms with Gasteiger partial charge in [0.25, 0.3) is 0 Å². The molecule has 0 aliphatic rings. The van der Waals surface area contributed by atoms with Crippen LogP contribution in [-0.4, -0.2) is 33.8 Å². The third kappa shape index (κ3) is 4.90. The van der Waals surface area contributed by atoms with E-state index in [1.165, 1.54) is 11.3 Å². The minimum Gasteiger partial charge on any atom is -0.480 e. The number of aromatic nitrogens is 2. The quantitative estimate of drug-likeness (QED) is 0.128. The molecule has 1 atom stereocenters. The van der Waals surface area contributed by atoms with Gasteiger partial charge in [-0.05, 0) is 66.3 Å². The second kappa shape index (κ2) is 9.58. The summed E-state index contributed by atoms with van der Waals surface area (Å²) in [5.41, 5.74) is 4.64. The van der Waals surface area contributed by atoms with Gasteiger partial charge in [0, 0.05) is 34.9 Å². The topological polar surface area (TPSA) is 102 Å². The van der Waals surface area contributed by atoms with Gasteiger partial charge in [-0.1, -0.05) is 18.2 Å². The molecule has 5 N–H and O–H groups in total. The van der Waals surface area contributed by atoms with Gasteiger partial charge < -0.3 is 30.4 Å². The van der Waals surface area contributed by atoms with Crippen LogP contribution in [0.3, 0.4) is 0 Å². The van der Waals surface area contributed by atoms with Crippen LogP contribution in [0.4, 0.5) is 11.4 Å². The summed E-state index contributed by atoms with van der Waals surface area (Å²) in [7, 11) is 0.